The van der Waals surface area contributed by atoms with Crippen LogP contribution < -0.4 is 10.1 Å². The Morgan fingerprint density at radius 2 is 2.06 bits per heavy atom. The Morgan fingerprint density at radius 3 is 2.87 bits per heavy atom. The molecule has 1 saturated heterocycles. The number of hydrogen-bond acceptors (Lipinski definition) is 5. The van der Waals surface area contributed by atoms with Crippen molar-refractivity contribution in [2.75, 3.05) is 26.7 Å². The van der Waals surface area contributed by atoms with Crippen molar-refractivity contribution in [3.63, 3.8) is 0 Å². The summed E-state index contributed by atoms with van der Waals surface area (Å²) < 4.78 is 11.9. The summed E-state index contributed by atoms with van der Waals surface area (Å²) in [7, 11) is 1.65. The number of pyridine rings is 1. The number of carbonyl (C=O) groups excluding carboxylic acids is 1. The quantitative estimate of drug-likeness (QED) is 0.655. The monoisotopic (exact) mass is 419 g/mol. The molecule has 162 valence electrons. The summed E-state index contributed by atoms with van der Waals surface area (Å²) in [4.78, 5) is 19.6. The molecule has 6 heteroatoms. The van der Waals surface area contributed by atoms with Gasteiger partial charge < -0.3 is 14.8 Å². The molecule has 0 saturated carbocycles. The number of benzene rings is 2. The highest BCUT2D eigenvalue weighted by Gasteiger charge is 2.25. The van der Waals surface area contributed by atoms with Crippen molar-refractivity contribution in [1.82, 2.24) is 15.2 Å². The molecule has 0 aliphatic carbocycles. The fourth-order valence-electron chi connectivity index (χ4n) is 3.96. The topological polar surface area (TPSA) is 63.7 Å². The molecule has 31 heavy (non-hydrogen) atoms. The summed E-state index contributed by atoms with van der Waals surface area (Å²) in [6.45, 7) is 7.06. The molecule has 1 aliphatic rings. The van der Waals surface area contributed by atoms with Crippen molar-refractivity contribution in [2.45, 2.75) is 32.6 Å². The highest BCUT2D eigenvalue weighted by Crippen LogP contribution is 2.27. The van der Waals surface area contributed by atoms with Gasteiger partial charge in [-0.05, 0) is 43.7 Å². The van der Waals surface area contributed by atoms with Crippen LogP contribution in [0, 0.1) is 0 Å². The van der Waals surface area contributed by atoms with Crippen LogP contribution in [-0.2, 0) is 11.3 Å². The Bertz CT molecular complexity index is 1070. The summed E-state index contributed by atoms with van der Waals surface area (Å²) >= 11 is 0. The summed E-state index contributed by atoms with van der Waals surface area (Å²) in [5.41, 5.74) is 3.43. The summed E-state index contributed by atoms with van der Waals surface area (Å²) in [6.07, 6.45) is -0.0339. The average molecular weight is 420 g/mol. The third-order valence-electron chi connectivity index (χ3n) is 5.36. The van der Waals surface area contributed by atoms with Crippen LogP contribution in [0.1, 0.15) is 41.6 Å². The van der Waals surface area contributed by atoms with Crippen LogP contribution in [-0.4, -0.2) is 48.6 Å². The van der Waals surface area contributed by atoms with E-state index in [1.165, 1.54) is 5.56 Å². The van der Waals surface area contributed by atoms with Gasteiger partial charge in [-0.2, -0.15) is 0 Å². The van der Waals surface area contributed by atoms with Gasteiger partial charge >= 0.3 is 0 Å². The number of aromatic nitrogens is 1. The fourth-order valence-corrected chi connectivity index (χ4v) is 3.96. The predicted octanol–water partition coefficient (Wildman–Crippen LogP) is 3.96. The van der Waals surface area contributed by atoms with Crippen molar-refractivity contribution < 1.29 is 14.3 Å². The molecule has 6 nitrogen and oxygen atoms in total. The van der Waals surface area contributed by atoms with Gasteiger partial charge in [0.2, 0.25) is 0 Å². The number of fused-ring (bicyclic) bond motifs is 1. The van der Waals surface area contributed by atoms with Crippen LogP contribution in [0.3, 0.4) is 0 Å². The number of para-hydroxylation sites is 1. The number of morpholine rings is 1. The Balaban J connectivity index is 1.55. The van der Waals surface area contributed by atoms with Gasteiger partial charge in [-0.25, -0.2) is 4.98 Å². The second kappa shape index (κ2) is 9.45. The Labute approximate surface area is 183 Å². The lowest BCUT2D eigenvalue weighted by Crippen LogP contribution is -2.38. The molecule has 0 unspecified atom stereocenters. The highest BCUT2D eigenvalue weighted by atomic mass is 16.5. The molecule has 0 spiro atoms. The van der Waals surface area contributed by atoms with Gasteiger partial charge in [-0.15, -0.1) is 0 Å². The number of hydrogen-bond donors (Lipinski definition) is 1. The zero-order valence-corrected chi connectivity index (χ0v) is 18.3. The number of carbonyl (C=O) groups is 1. The second-order valence-electron chi connectivity index (χ2n) is 8.10. The Hall–Kier alpha value is -2.96. The molecule has 2 aromatic carbocycles. The Kier molecular flexibility index (Phi) is 6.49. The molecule has 1 fully saturated rings. The van der Waals surface area contributed by atoms with E-state index in [9.17, 15) is 4.79 Å². The maximum atomic E-state index is 12.5. The molecular formula is C25H29N3O3. The van der Waals surface area contributed by atoms with Crippen LogP contribution in [0.25, 0.3) is 10.9 Å². The third kappa shape index (κ3) is 5.03. The van der Waals surface area contributed by atoms with Gasteiger partial charge in [-0.3, -0.25) is 9.69 Å². The summed E-state index contributed by atoms with van der Waals surface area (Å²) in [5, 5.41) is 3.58. The van der Waals surface area contributed by atoms with Crippen molar-refractivity contribution in [1.29, 1.82) is 0 Å². The molecule has 1 amide bonds. The first-order valence-electron chi connectivity index (χ1n) is 10.7. The lowest BCUT2D eigenvalue weighted by Gasteiger charge is -2.33. The van der Waals surface area contributed by atoms with Gasteiger partial charge in [0, 0.05) is 32.1 Å². The average Bonchev–Trinajstić information content (AvgIpc) is 2.78. The molecule has 2 heterocycles. The number of ether oxygens (including phenoxy) is 2. The van der Waals surface area contributed by atoms with Crippen molar-refractivity contribution in [3.8, 4) is 5.75 Å². The Morgan fingerprint density at radius 1 is 1.23 bits per heavy atom. The van der Waals surface area contributed by atoms with E-state index >= 15 is 0 Å². The number of nitrogens with one attached hydrogen (secondary N) is 1. The molecule has 3 aromatic rings. The number of nitrogens with zero attached hydrogens (tertiary/aromatic N) is 2. The van der Waals surface area contributed by atoms with Gasteiger partial charge in [0.15, 0.2) is 0 Å². The normalized spacial score (nSPS) is 17.1. The van der Waals surface area contributed by atoms with E-state index in [1.54, 1.807) is 7.05 Å². The third-order valence-corrected chi connectivity index (χ3v) is 5.36. The first-order valence-corrected chi connectivity index (χ1v) is 10.7. The minimum atomic E-state index is -0.183. The molecular weight excluding hydrogens is 390 g/mol. The van der Waals surface area contributed by atoms with E-state index < -0.39 is 0 Å². The first-order chi connectivity index (χ1) is 15.0. The van der Waals surface area contributed by atoms with Gasteiger partial charge in [0.05, 0.1) is 29.5 Å². The minimum absolute atomic E-state index is 0.116. The van der Waals surface area contributed by atoms with E-state index in [1.807, 2.05) is 56.3 Å². The molecule has 1 N–H and O–H groups in total. The van der Waals surface area contributed by atoms with Crippen molar-refractivity contribution in [3.05, 3.63) is 71.4 Å². The highest BCUT2D eigenvalue weighted by molar-refractivity contribution is 6.06. The van der Waals surface area contributed by atoms with Crippen LogP contribution >= 0.6 is 0 Å². The summed E-state index contributed by atoms with van der Waals surface area (Å²) in [5.74, 6) is 0.776. The van der Waals surface area contributed by atoms with Crippen molar-refractivity contribution in [2.24, 2.45) is 0 Å². The summed E-state index contributed by atoms with van der Waals surface area (Å²) in [6, 6.07) is 17.8. The van der Waals surface area contributed by atoms with E-state index in [2.05, 4.69) is 22.3 Å². The minimum Gasteiger partial charge on any atom is -0.491 e. The molecule has 1 atom stereocenters. The fraction of sp³-hybridized carbons (Fsp3) is 0.360. The predicted molar refractivity (Wildman–Crippen MR) is 121 cm³/mol. The first kappa shape index (κ1) is 21.3. The molecule has 0 bridgehead atoms. The van der Waals surface area contributed by atoms with E-state index in [4.69, 9.17) is 14.5 Å². The maximum Gasteiger partial charge on any atom is 0.251 e. The van der Waals surface area contributed by atoms with Crippen LogP contribution in [0.5, 0.6) is 5.75 Å². The molecule has 1 aromatic heterocycles. The lowest BCUT2D eigenvalue weighted by molar-refractivity contribution is -0.0348. The van der Waals surface area contributed by atoms with Gasteiger partial charge in [0.25, 0.3) is 5.91 Å². The van der Waals surface area contributed by atoms with Crippen LogP contribution in [0.2, 0.25) is 0 Å². The zero-order valence-electron chi connectivity index (χ0n) is 18.3. The lowest BCUT2D eigenvalue weighted by atomic mass is 10.0. The number of rotatable bonds is 6. The zero-order chi connectivity index (χ0) is 21.8. The SMILES string of the molecule is CNC(=O)c1cc([C@H]2CN(Cc3cccc(OC(C)C)c3)CCO2)nc2ccccc12. The van der Waals surface area contributed by atoms with Gasteiger partial charge in [0.1, 0.15) is 11.9 Å². The van der Waals surface area contributed by atoms with E-state index in [0.717, 1.165) is 35.4 Å². The smallest absolute Gasteiger partial charge is 0.251 e. The molecule has 0 radical (unpaired) electrons. The van der Waals surface area contributed by atoms with E-state index in [-0.39, 0.29) is 18.1 Å². The van der Waals surface area contributed by atoms with E-state index in [0.29, 0.717) is 18.7 Å². The number of amides is 1. The second-order valence-corrected chi connectivity index (χ2v) is 8.10. The molecule has 4 rings (SSSR count). The standard InChI is InChI=1S/C25H29N3O3/c1-17(2)31-19-8-6-7-18(13-19)15-28-11-12-30-24(16-28)23-14-21(25(29)26-3)20-9-4-5-10-22(20)27-23/h4-10,13-14,17,24H,11-12,15-16H2,1-3H3,(H,26,29)/t24-/m1/s1. The van der Waals surface area contributed by atoms with Gasteiger partial charge in [-0.1, -0.05) is 30.3 Å². The van der Waals surface area contributed by atoms with Crippen LogP contribution in [0.15, 0.2) is 54.6 Å². The maximum absolute atomic E-state index is 12.5. The van der Waals surface area contributed by atoms with Crippen molar-refractivity contribution >= 4 is 16.8 Å². The molecule has 1 aliphatic heterocycles. The van der Waals surface area contributed by atoms with Crippen LogP contribution in [0.4, 0.5) is 0 Å². The largest absolute Gasteiger partial charge is 0.491 e.